The summed E-state index contributed by atoms with van der Waals surface area (Å²) in [6.07, 6.45) is -4.81. The highest BCUT2D eigenvalue weighted by atomic mass is 35.5. The van der Waals surface area contributed by atoms with Crippen LogP contribution in [0.5, 0.6) is 5.75 Å². The number of fused-ring (bicyclic) bond motifs is 1. The molecular weight excluding hydrogens is 375 g/mol. The average molecular weight is 384 g/mol. The lowest BCUT2D eigenvalue weighted by atomic mass is 10.1. The van der Waals surface area contributed by atoms with Gasteiger partial charge in [-0.1, -0.05) is 17.7 Å². The van der Waals surface area contributed by atoms with Gasteiger partial charge in [-0.3, -0.25) is 9.59 Å². The van der Waals surface area contributed by atoms with E-state index in [1.54, 1.807) is 0 Å². The first-order valence-electron chi connectivity index (χ1n) is 7.11. The first kappa shape index (κ1) is 17.8. The molecule has 0 aliphatic carbocycles. The van der Waals surface area contributed by atoms with E-state index in [4.69, 9.17) is 16.0 Å². The van der Waals surface area contributed by atoms with Gasteiger partial charge in [-0.2, -0.15) is 13.2 Å². The van der Waals surface area contributed by atoms with Crippen LogP contribution in [-0.2, 0) is 6.18 Å². The Hall–Kier alpha value is -3.00. The van der Waals surface area contributed by atoms with Gasteiger partial charge in [0.15, 0.2) is 16.8 Å². The number of alkyl halides is 3. The summed E-state index contributed by atoms with van der Waals surface area (Å²) < 4.78 is 44.4. The molecule has 1 heterocycles. The van der Waals surface area contributed by atoms with E-state index in [-0.39, 0.29) is 16.0 Å². The largest absolute Gasteiger partial charge is 0.508 e. The van der Waals surface area contributed by atoms with E-state index in [2.05, 4.69) is 0 Å². The fraction of sp³-hybridized carbons (Fsp3) is 0.0588. The monoisotopic (exact) mass is 383 g/mol. The highest BCUT2D eigenvalue weighted by Gasteiger charge is 2.34. The molecule has 0 aliphatic heterocycles. The number of anilines is 1. The number of rotatable bonds is 2. The van der Waals surface area contributed by atoms with Crippen molar-refractivity contribution in [3.05, 3.63) is 69.0 Å². The molecule has 0 unspecified atom stereocenters. The Morgan fingerprint density at radius 1 is 1.15 bits per heavy atom. The molecule has 26 heavy (non-hydrogen) atoms. The van der Waals surface area contributed by atoms with E-state index >= 15 is 0 Å². The van der Waals surface area contributed by atoms with Gasteiger partial charge < -0.3 is 14.8 Å². The molecule has 3 rings (SSSR count). The lowest BCUT2D eigenvalue weighted by Crippen LogP contribution is -2.18. The summed E-state index contributed by atoms with van der Waals surface area (Å²) in [7, 11) is 0. The molecule has 0 fully saturated rings. The van der Waals surface area contributed by atoms with Crippen molar-refractivity contribution in [2.75, 3.05) is 5.32 Å². The summed E-state index contributed by atoms with van der Waals surface area (Å²) in [5.74, 6) is -2.18. The number of benzene rings is 2. The minimum atomic E-state index is -4.81. The van der Waals surface area contributed by atoms with Crippen LogP contribution in [0, 0.1) is 0 Å². The molecule has 0 aliphatic rings. The quantitative estimate of drug-likeness (QED) is 0.642. The molecule has 9 heteroatoms. The summed E-state index contributed by atoms with van der Waals surface area (Å²) in [6.45, 7) is 0. The van der Waals surface area contributed by atoms with Gasteiger partial charge in [-0.05, 0) is 30.3 Å². The SMILES string of the molecule is O=C(Nc1ccc(O)cc1C(F)(F)F)c1cc(=O)c2cccc(Cl)c2o1. The molecule has 0 radical (unpaired) electrons. The van der Waals surface area contributed by atoms with Gasteiger partial charge >= 0.3 is 6.18 Å². The fourth-order valence-corrected chi connectivity index (χ4v) is 2.53. The van der Waals surface area contributed by atoms with Crippen LogP contribution in [0.15, 0.2) is 51.7 Å². The topological polar surface area (TPSA) is 79.5 Å². The third kappa shape index (κ3) is 3.36. The Balaban J connectivity index is 2.03. The Labute approximate surface area is 148 Å². The molecule has 1 amide bonds. The number of amides is 1. The third-order valence-electron chi connectivity index (χ3n) is 3.49. The molecule has 0 saturated carbocycles. The molecule has 0 saturated heterocycles. The van der Waals surface area contributed by atoms with Crippen molar-refractivity contribution >= 4 is 34.2 Å². The minimum absolute atomic E-state index is 0.0476. The van der Waals surface area contributed by atoms with E-state index < -0.39 is 40.3 Å². The maximum absolute atomic E-state index is 13.1. The normalized spacial score (nSPS) is 11.5. The van der Waals surface area contributed by atoms with E-state index in [9.17, 15) is 27.9 Å². The third-order valence-corrected chi connectivity index (χ3v) is 3.78. The molecule has 2 N–H and O–H groups in total. The zero-order valence-corrected chi connectivity index (χ0v) is 13.5. The van der Waals surface area contributed by atoms with Gasteiger partial charge in [-0.25, -0.2) is 0 Å². The minimum Gasteiger partial charge on any atom is -0.508 e. The summed E-state index contributed by atoms with van der Waals surface area (Å²) >= 11 is 5.93. The van der Waals surface area contributed by atoms with Crippen molar-refractivity contribution in [1.29, 1.82) is 0 Å². The van der Waals surface area contributed by atoms with Crippen LogP contribution in [-0.4, -0.2) is 11.0 Å². The number of phenolic OH excluding ortho intramolecular Hbond substituents is 1. The Morgan fingerprint density at radius 2 is 1.88 bits per heavy atom. The second kappa shape index (κ2) is 6.38. The Bertz CT molecular complexity index is 1080. The van der Waals surface area contributed by atoms with Crippen molar-refractivity contribution in [2.45, 2.75) is 6.18 Å². The van der Waals surface area contributed by atoms with Crippen LogP contribution >= 0.6 is 11.6 Å². The van der Waals surface area contributed by atoms with Crippen LogP contribution in [0.1, 0.15) is 16.1 Å². The predicted molar refractivity (Wildman–Crippen MR) is 88.6 cm³/mol. The second-order valence-corrected chi connectivity index (χ2v) is 5.68. The van der Waals surface area contributed by atoms with E-state index in [0.29, 0.717) is 6.07 Å². The predicted octanol–water partition coefficient (Wildman–Crippen LogP) is 4.42. The Kier molecular flexibility index (Phi) is 4.37. The van der Waals surface area contributed by atoms with Crippen molar-refractivity contribution in [3.63, 3.8) is 0 Å². The van der Waals surface area contributed by atoms with E-state index in [0.717, 1.165) is 18.2 Å². The molecular formula is C17H9ClF3NO4. The van der Waals surface area contributed by atoms with Gasteiger partial charge in [0.25, 0.3) is 5.91 Å². The number of hydrogen-bond acceptors (Lipinski definition) is 4. The number of phenols is 1. The Morgan fingerprint density at radius 3 is 2.58 bits per heavy atom. The van der Waals surface area contributed by atoms with E-state index in [1.165, 1.54) is 18.2 Å². The van der Waals surface area contributed by atoms with Gasteiger partial charge in [-0.15, -0.1) is 0 Å². The number of halogens is 4. The first-order chi connectivity index (χ1) is 12.2. The van der Waals surface area contributed by atoms with Crippen LogP contribution in [0.25, 0.3) is 11.0 Å². The molecule has 3 aromatic rings. The average Bonchev–Trinajstić information content (AvgIpc) is 2.56. The summed E-state index contributed by atoms with van der Waals surface area (Å²) in [5, 5.41) is 11.5. The lowest BCUT2D eigenvalue weighted by Gasteiger charge is -2.14. The summed E-state index contributed by atoms with van der Waals surface area (Å²) in [5.41, 5.74) is -2.46. The zero-order chi connectivity index (χ0) is 19.1. The summed E-state index contributed by atoms with van der Waals surface area (Å²) in [6, 6.07) is 7.62. The maximum Gasteiger partial charge on any atom is 0.418 e. The molecule has 1 aromatic heterocycles. The van der Waals surface area contributed by atoms with Gasteiger partial charge in [0.1, 0.15) is 5.75 Å². The highest BCUT2D eigenvalue weighted by Crippen LogP contribution is 2.37. The molecule has 5 nitrogen and oxygen atoms in total. The zero-order valence-electron chi connectivity index (χ0n) is 12.7. The van der Waals surface area contributed by atoms with Crippen molar-refractivity contribution in [2.24, 2.45) is 0 Å². The van der Waals surface area contributed by atoms with Gasteiger partial charge in [0, 0.05) is 6.07 Å². The van der Waals surface area contributed by atoms with Crippen molar-refractivity contribution in [1.82, 2.24) is 0 Å². The van der Waals surface area contributed by atoms with Gasteiger partial charge in [0.05, 0.1) is 21.7 Å². The van der Waals surface area contributed by atoms with Crippen molar-refractivity contribution in [3.8, 4) is 5.75 Å². The fourth-order valence-electron chi connectivity index (χ4n) is 2.31. The number of aromatic hydroxyl groups is 1. The van der Waals surface area contributed by atoms with Gasteiger partial charge in [0.2, 0.25) is 0 Å². The highest BCUT2D eigenvalue weighted by molar-refractivity contribution is 6.34. The lowest BCUT2D eigenvalue weighted by molar-refractivity contribution is -0.137. The maximum atomic E-state index is 13.1. The number of nitrogens with one attached hydrogen (secondary N) is 1. The molecule has 0 spiro atoms. The van der Waals surface area contributed by atoms with Crippen molar-refractivity contribution < 1.29 is 27.5 Å². The smallest absolute Gasteiger partial charge is 0.418 e. The number of carbonyl (C=O) groups excluding carboxylic acids is 1. The molecule has 134 valence electrons. The number of para-hydroxylation sites is 1. The molecule has 0 atom stereocenters. The van der Waals surface area contributed by atoms with Crippen LogP contribution in [0.4, 0.5) is 18.9 Å². The summed E-state index contributed by atoms with van der Waals surface area (Å²) in [4.78, 5) is 24.3. The standard InChI is InChI=1S/C17H9ClF3NO4/c18-11-3-1-2-9-13(24)7-14(26-15(9)11)16(25)22-12-5-4-8(23)6-10(12)17(19,20)21/h1-7,23H,(H,22,25). The molecule has 2 aromatic carbocycles. The second-order valence-electron chi connectivity index (χ2n) is 5.27. The van der Waals surface area contributed by atoms with Crippen LogP contribution in [0.2, 0.25) is 5.02 Å². The van der Waals surface area contributed by atoms with Crippen LogP contribution < -0.4 is 10.7 Å². The van der Waals surface area contributed by atoms with E-state index in [1.807, 2.05) is 5.32 Å². The van der Waals surface area contributed by atoms with Crippen LogP contribution in [0.3, 0.4) is 0 Å². The number of carbonyl (C=O) groups is 1. The first-order valence-corrected chi connectivity index (χ1v) is 7.48. The number of hydrogen-bond donors (Lipinski definition) is 2. The molecule has 0 bridgehead atoms.